The fourth-order valence-corrected chi connectivity index (χ4v) is 2.77. The van der Waals surface area contributed by atoms with Crippen molar-refractivity contribution in [2.45, 2.75) is 40.5 Å². The molecule has 0 aliphatic heterocycles. The molecule has 0 spiro atoms. The van der Waals surface area contributed by atoms with Gasteiger partial charge in [-0.15, -0.1) is 0 Å². The molecule has 0 unspecified atom stereocenters. The van der Waals surface area contributed by atoms with Gasteiger partial charge in [0.25, 0.3) is 0 Å². The third-order valence-corrected chi connectivity index (χ3v) is 4.73. The molecule has 0 heterocycles. The quantitative estimate of drug-likeness (QED) is 0.723. The van der Waals surface area contributed by atoms with E-state index in [2.05, 4.69) is 10.6 Å². The van der Waals surface area contributed by atoms with Crippen molar-refractivity contribution in [3.05, 3.63) is 65.0 Å². The van der Waals surface area contributed by atoms with Crippen molar-refractivity contribution in [3.8, 4) is 0 Å². The first kappa shape index (κ1) is 20.6. The average molecular weight is 370 g/mol. The summed E-state index contributed by atoms with van der Waals surface area (Å²) in [6.45, 7) is 7.56. The standard InChI is InChI=1S/C22H27FN2O2/c1-5-17-8-6-7-15(2)19(17)25-21(27)22(3,4)20(26)24-14-13-16-9-11-18(23)12-10-16/h6-12H,5,13-14H2,1-4H3,(H,24,26)(H,25,27). The summed E-state index contributed by atoms with van der Waals surface area (Å²) in [6, 6.07) is 12.0. The van der Waals surface area contributed by atoms with Crippen molar-refractivity contribution in [1.29, 1.82) is 0 Å². The van der Waals surface area contributed by atoms with Gasteiger partial charge in [-0.05, 0) is 62.4 Å². The molecule has 0 bridgehead atoms. The van der Waals surface area contributed by atoms with Crippen LogP contribution in [0.3, 0.4) is 0 Å². The third kappa shape index (κ3) is 5.16. The molecule has 2 amide bonds. The van der Waals surface area contributed by atoms with E-state index in [1.807, 2.05) is 32.0 Å². The maximum atomic E-state index is 12.9. The van der Waals surface area contributed by atoms with Gasteiger partial charge in [0, 0.05) is 12.2 Å². The van der Waals surface area contributed by atoms with Crippen LogP contribution in [0.5, 0.6) is 0 Å². The summed E-state index contributed by atoms with van der Waals surface area (Å²) in [7, 11) is 0. The molecule has 2 aromatic carbocycles. The molecule has 0 aliphatic carbocycles. The molecule has 27 heavy (non-hydrogen) atoms. The second-order valence-corrected chi connectivity index (χ2v) is 7.17. The molecule has 4 nitrogen and oxygen atoms in total. The number of halogens is 1. The van der Waals surface area contributed by atoms with Gasteiger partial charge in [-0.25, -0.2) is 4.39 Å². The van der Waals surface area contributed by atoms with Gasteiger partial charge in [-0.3, -0.25) is 9.59 Å². The molecule has 0 aliphatic rings. The molecule has 0 aromatic heterocycles. The van der Waals surface area contributed by atoms with E-state index < -0.39 is 5.41 Å². The minimum atomic E-state index is -1.21. The Morgan fingerprint density at radius 2 is 1.70 bits per heavy atom. The van der Waals surface area contributed by atoms with Gasteiger partial charge in [0.1, 0.15) is 11.2 Å². The number of aryl methyl sites for hydroxylation is 2. The Kier molecular flexibility index (Phi) is 6.72. The number of benzene rings is 2. The monoisotopic (exact) mass is 370 g/mol. The first-order valence-corrected chi connectivity index (χ1v) is 9.18. The Morgan fingerprint density at radius 3 is 2.33 bits per heavy atom. The van der Waals surface area contributed by atoms with E-state index in [9.17, 15) is 14.0 Å². The minimum Gasteiger partial charge on any atom is -0.355 e. The van der Waals surface area contributed by atoms with Crippen LogP contribution in [0.1, 0.15) is 37.5 Å². The van der Waals surface area contributed by atoms with Crippen molar-refractivity contribution >= 4 is 17.5 Å². The molecular weight excluding hydrogens is 343 g/mol. The van der Waals surface area contributed by atoms with Crippen LogP contribution in [-0.4, -0.2) is 18.4 Å². The summed E-state index contributed by atoms with van der Waals surface area (Å²) in [5.74, 6) is -0.970. The van der Waals surface area contributed by atoms with Gasteiger partial charge in [0.15, 0.2) is 0 Å². The lowest BCUT2D eigenvalue weighted by molar-refractivity contribution is -0.138. The van der Waals surface area contributed by atoms with E-state index in [4.69, 9.17) is 0 Å². The highest BCUT2D eigenvalue weighted by Crippen LogP contribution is 2.25. The largest absolute Gasteiger partial charge is 0.355 e. The lowest BCUT2D eigenvalue weighted by Crippen LogP contribution is -2.45. The molecular formula is C22H27FN2O2. The summed E-state index contributed by atoms with van der Waals surface area (Å²) in [5.41, 5.74) is 2.49. The molecule has 0 saturated carbocycles. The fourth-order valence-electron chi connectivity index (χ4n) is 2.77. The Morgan fingerprint density at radius 1 is 1.04 bits per heavy atom. The molecule has 2 N–H and O–H groups in total. The van der Waals surface area contributed by atoms with Crippen LogP contribution >= 0.6 is 0 Å². The van der Waals surface area contributed by atoms with Crippen molar-refractivity contribution in [2.75, 3.05) is 11.9 Å². The fraction of sp³-hybridized carbons (Fsp3) is 0.364. The predicted molar refractivity (Wildman–Crippen MR) is 106 cm³/mol. The van der Waals surface area contributed by atoms with Crippen LogP contribution < -0.4 is 10.6 Å². The predicted octanol–water partition coefficient (Wildman–Crippen LogP) is 4.02. The number of anilines is 1. The van der Waals surface area contributed by atoms with E-state index in [-0.39, 0.29) is 17.6 Å². The molecule has 5 heteroatoms. The van der Waals surface area contributed by atoms with Crippen molar-refractivity contribution in [1.82, 2.24) is 5.32 Å². The lowest BCUT2D eigenvalue weighted by Gasteiger charge is -2.24. The van der Waals surface area contributed by atoms with Crippen molar-refractivity contribution in [2.24, 2.45) is 5.41 Å². The minimum absolute atomic E-state index is 0.289. The van der Waals surface area contributed by atoms with Gasteiger partial charge in [-0.2, -0.15) is 0 Å². The molecule has 0 fully saturated rings. The van der Waals surface area contributed by atoms with Crippen LogP contribution in [0, 0.1) is 18.2 Å². The Hall–Kier alpha value is -2.69. The first-order chi connectivity index (χ1) is 12.8. The number of amides is 2. The number of carbonyl (C=O) groups excluding carboxylic acids is 2. The number of rotatable bonds is 7. The van der Waals surface area contributed by atoms with Crippen molar-refractivity contribution in [3.63, 3.8) is 0 Å². The molecule has 0 radical (unpaired) electrons. The summed E-state index contributed by atoms with van der Waals surface area (Å²) >= 11 is 0. The number of hydrogen-bond acceptors (Lipinski definition) is 2. The van der Waals surface area contributed by atoms with Crippen LogP contribution in [0.4, 0.5) is 10.1 Å². The number of hydrogen-bond donors (Lipinski definition) is 2. The number of nitrogens with one attached hydrogen (secondary N) is 2. The number of para-hydroxylation sites is 1. The van der Waals surface area contributed by atoms with Gasteiger partial charge in [0.05, 0.1) is 0 Å². The Labute approximate surface area is 160 Å². The van der Waals surface area contributed by atoms with Gasteiger partial charge >= 0.3 is 0 Å². The molecule has 144 valence electrons. The summed E-state index contributed by atoms with van der Waals surface area (Å²) < 4.78 is 12.9. The highest BCUT2D eigenvalue weighted by molar-refractivity contribution is 6.10. The topological polar surface area (TPSA) is 58.2 Å². The van der Waals surface area contributed by atoms with E-state index in [0.717, 1.165) is 28.8 Å². The Balaban J connectivity index is 1.98. The van der Waals surface area contributed by atoms with E-state index >= 15 is 0 Å². The lowest BCUT2D eigenvalue weighted by atomic mass is 9.90. The second-order valence-electron chi connectivity index (χ2n) is 7.17. The average Bonchev–Trinajstić information content (AvgIpc) is 2.64. The van der Waals surface area contributed by atoms with Gasteiger partial charge in [-0.1, -0.05) is 37.3 Å². The van der Waals surface area contributed by atoms with Crippen LogP contribution in [0.15, 0.2) is 42.5 Å². The van der Waals surface area contributed by atoms with Crippen LogP contribution in [0.25, 0.3) is 0 Å². The highest BCUT2D eigenvalue weighted by atomic mass is 19.1. The SMILES string of the molecule is CCc1cccc(C)c1NC(=O)C(C)(C)C(=O)NCCc1ccc(F)cc1. The second kappa shape index (κ2) is 8.80. The Bertz CT molecular complexity index is 814. The number of carbonyl (C=O) groups is 2. The van der Waals surface area contributed by atoms with E-state index in [1.54, 1.807) is 26.0 Å². The van der Waals surface area contributed by atoms with E-state index in [1.165, 1.54) is 12.1 Å². The van der Waals surface area contributed by atoms with Crippen molar-refractivity contribution < 1.29 is 14.0 Å². The zero-order chi connectivity index (χ0) is 20.0. The summed E-state index contributed by atoms with van der Waals surface area (Å²) in [5, 5.41) is 5.73. The maximum Gasteiger partial charge on any atom is 0.239 e. The molecule has 2 aromatic rings. The molecule has 2 rings (SSSR count). The smallest absolute Gasteiger partial charge is 0.239 e. The normalized spacial score (nSPS) is 11.1. The van der Waals surface area contributed by atoms with Gasteiger partial charge in [0.2, 0.25) is 11.8 Å². The maximum absolute atomic E-state index is 12.9. The van der Waals surface area contributed by atoms with Crippen LogP contribution in [-0.2, 0) is 22.4 Å². The zero-order valence-electron chi connectivity index (χ0n) is 16.4. The van der Waals surface area contributed by atoms with Crippen LogP contribution in [0.2, 0.25) is 0 Å². The third-order valence-electron chi connectivity index (χ3n) is 4.73. The summed E-state index contributed by atoms with van der Waals surface area (Å²) in [6.07, 6.45) is 1.36. The molecule has 0 saturated heterocycles. The molecule has 0 atom stereocenters. The summed E-state index contributed by atoms with van der Waals surface area (Å²) in [4.78, 5) is 25.3. The zero-order valence-corrected chi connectivity index (χ0v) is 16.4. The van der Waals surface area contributed by atoms with E-state index in [0.29, 0.717) is 13.0 Å². The van der Waals surface area contributed by atoms with Gasteiger partial charge < -0.3 is 10.6 Å². The first-order valence-electron chi connectivity index (χ1n) is 9.18. The highest BCUT2D eigenvalue weighted by Gasteiger charge is 2.36.